The molecule has 1 aromatic carbocycles. The van der Waals surface area contributed by atoms with Crippen molar-refractivity contribution in [2.75, 3.05) is 6.54 Å². The van der Waals surface area contributed by atoms with Crippen molar-refractivity contribution in [3.8, 4) is 0 Å². The maximum atomic E-state index is 13.6. The predicted molar refractivity (Wildman–Crippen MR) is 95.9 cm³/mol. The zero-order valence-corrected chi connectivity index (χ0v) is 15.4. The number of hydrogen-bond donors (Lipinski definition) is 1. The van der Waals surface area contributed by atoms with Gasteiger partial charge in [0.05, 0.1) is 0 Å². The van der Waals surface area contributed by atoms with Crippen molar-refractivity contribution in [3.63, 3.8) is 0 Å². The molecule has 2 fully saturated rings. The van der Waals surface area contributed by atoms with Crippen LogP contribution in [0.5, 0.6) is 0 Å². The average Bonchev–Trinajstić information content (AvgIpc) is 3.22. The first-order chi connectivity index (χ1) is 11.8. The predicted octanol–water partition coefficient (Wildman–Crippen LogP) is 2.57. The summed E-state index contributed by atoms with van der Waals surface area (Å²) in [5.74, 6) is 0.249. The Morgan fingerprint density at radius 2 is 2.16 bits per heavy atom. The number of nitrogens with zero attached hydrogens (tertiary/aromatic N) is 2. The van der Waals surface area contributed by atoms with Crippen LogP contribution in [0.4, 0.5) is 4.39 Å². The van der Waals surface area contributed by atoms with Gasteiger partial charge in [-0.25, -0.2) is 4.39 Å². The smallest absolute Gasteiger partial charge is 0.279 e. The minimum atomic E-state index is -3.46. The van der Waals surface area contributed by atoms with Gasteiger partial charge in [0.1, 0.15) is 5.82 Å². The second-order valence-corrected chi connectivity index (χ2v) is 9.21. The van der Waals surface area contributed by atoms with E-state index in [0.29, 0.717) is 18.9 Å². The van der Waals surface area contributed by atoms with Gasteiger partial charge < -0.3 is 4.57 Å². The molecule has 2 bridgehead atoms. The number of hydrogen-bond acceptors (Lipinski definition) is 2. The van der Waals surface area contributed by atoms with Crippen molar-refractivity contribution in [1.82, 2.24) is 13.6 Å². The number of fused-ring (bicyclic) bond motifs is 3. The molecule has 2 aromatic rings. The number of aromatic nitrogens is 1. The molecule has 1 N–H and O–H groups in total. The van der Waals surface area contributed by atoms with Crippen LogP contribution in [0.15, 0.2) is 24.4 Å². The highest BCUT2D eigenvalue weighted by Crippen LogP contribution is 2.38. The summed E-state index contributed by atoms with van der Waals surface area (Å²) in [4.78, 5) is 0. The van der Waals surface area contributed by atoms with Gasteiger partial charge in [0.2, 0.25) is 0 Å². The molecule has 0 radical (unpaired) electrons. The molecule has 1 saturated heterocycles. The summed E-state index contributed by atoms with van der Waals surface area (Å²) in [5, 5.41) is 0.841. The summed E-state index contributed by atoms with van der Waals surface area (Å²) in [6.07, 6.45) is 5.60. The number of halogens is 1. The standard InChI is InChI=1S/C18H24FN3O2S/c1-12(20-25(23,24)22-10-13-3-5-16(22)8-13)7-14-11-21(2)18-6-4-15(19)9-17(14)18/h4,6,9,11-13,16,20H,3,5,7-8,10H2,1-2H3. The maximum absolute atomic E-state index is 13.6. The van der Waals surface area contributed by atoms with E-state index in [1.165, 1.54) is 12.1 Å². The fourth-order valence-electron chi connectivity index (χ4n) is 4.48. The lowest BCUT2D eigenvalue weighted by atomic mass is 10.1. The minimum absolute atomic E-state index is 0.168. The zero-order valence-electron chi connectivity index (χ0n) is 14.6. The van der Waals surface area contributed by atoms with Crippen LogP contribution in [-0.4, -0.2) is 35.9 Å². The van der Waals surface area contributed by atoms with E-state index in [-0.39, 0.29) is 17.9 Å². The Labute approximate surface area is 148 Å². The van der Waals surface area contributed by atoms with Crippen molar-refractivity contribution in [3.05, 3.63) is 35.8 Å². The molecule has 1 aliphatic heterocycles. The first-order valence-electron chi connectivity index (χ1n) is 8.86. The molecule has 4 rings (SSSR count). The van der Waals surface area contributed by atoms with Gasteiger partial charge in [-0.3, -0.25) is 0 Å². The van der Waals surface area contributed by atoms with Crippen molar-refractivity contribution < 1.29 is 12.8 Å². The van der Waals surface area contributed by atoms with Crippen LogP contribution in [-0.2, 0) is 23.7 Å². The summed E-state index contributed by atoms with van der Waals surface area (Å²) in [6.45, 7) is 2.51. The molecular formula is C18H24FN3O2S. The fraction of sp³-hybridized carbons (Fsp3) is 0.556. The van der Waals surface area contributed by atoms with Gasteiger partial charge >= 0.3 is 0 Å². The molecule has 136 valence electrons. The molecule has 2 heterocycles. The quantitative estimate of drug-likeness (QED) is 0.885. The highest BCUT2D eigenvalue weighted by atomic mass is 32.2. The normalized spacial score (nSPS) is 25.1. The lowest BCUT2D eigenvalue weighted by molar-refractivity contribution is 0.326. The number of piperidine rings is 1. The van der Waals surface area contributed by atoms with Crippen molar-refractivity contribution in [2.24, 2.45) is 13.0 Å². The van der Waals surface area contributed by atoms with Gasteiger partial charge in [-0.05, 0) is 62.3 Å². The van der Waals surface area contributed by atoms with Crippen molar-refractivity contribution in [1.29, 1.82) is 0 Å². The molecule has 0 amide bonds. The second-order valence-electron chi connectivity index (χ2n) is 7.56. The van der Waals surface area contributed by atoms with Crippen LogP contribution < -0.4 is 4.72 Å². The molecule has 1 saturated carbocycles. The zero-order chi connectivity index (χ0) is 17.8. The Morgan fingerprint density at radius 3 is 2.84 bits per heavy atom. The van der Waals surface area contributed by atoms with Crippen LogP contribution in [0.2, 0.25) is 0 Å². The molecule has 1 aliphatic carbocycles. The monoisotopic (exact) mass is 365 g/mol. The molecule has 5 nitrogen and oxygen atoms in total. The molecule has 0 spiro atoms. The van der Waals surface area contributed by atoms with E-state index in [2.05, 4.69) is 4.72 Å². The van der Waals surface area contributed by atoms with E-state index in [1.54, 1.807) is 10.4 Å². The minimum Gasteiger partial charge on any atom is -0.350 e. The number of rotatable bonds is 5. The SMILES string of the molecule is CC(Cc1cn(C)c2ccc(F)cc12)NS(=O)(=O)N1CC2CCC1C2. The molecule has 1 aromatic heterocycles. The average molecular weight is 365 g/mol. The molecule has 2 aliphatic rings. The lowest BCUT2D eigenvalue weighted by Gasteiger charge is -2.27. The lowest BCUT2D eigenvalue weighted by Crippen LogP contribution is -2.48. The topological polar surface area (TPSA) is 54.3 Å². The summed E-state index contributed by atoms with van der Waals surface area (Å²) >= 11 is 0. The van der Waals surface area contributed by atoms with E-state index in [1.807, 2.05) is 24.7 Å². The summed E-state index contributed by atoms with van der Waals surface area (Å²) in [7, 11) is -1.55. The van der Waals surface area contributed by atoms with Crippen LogP contribution >= 0.6 is 0 Å². The summed E-state index contributed by atoms with van der Waals surface area (Å²) < 4.78 is 45.4. The Morgan fingerprint density at radius 1 is 1.36 bits per heavy atom. The largest absolute Gasteiger partial charge is 0.350 e. The van der Waals surface area contributed by atoms with E-state index in [0.717, 1.165) is 35.7 Å². The van der Waals surface area contributed by atoms with Gasteiger partial charge in [-0.2, -0.15) is 17.4 Å². The molecule has 3 atom stereocenters. The number of aryl methyl sites for hydroxylation is 1. The molecule has 25 heavy (non-hydrogen) atoms. The van der Waals surface area contributed by atoms with Gasteiger partial charge in [0.25, 0.3) is 10.2 Å². The number of nitrogens with one attached hydrogen (secondary N) is 1. The Hall–Kier alpha value is -1.44. The maximum Gasteiger partial charge on any atom is 0.279 e. The molecule has 7 heteroatoms. The van der Waals surface area contributed by atoms with Gasteiger partial charge in [0, 0.05) is 42.8 Å². The van der Waals surface area contributed by atoms with Crippen LogP contribution in [0.3, 0.4) is 0 Å². The Kier molecular flexibility index (Phi) is 4.13. The third kappa shape index (κ3) is 3.09. The van der Waals surface area contributed by atoms with E-state index in [4.69, 9.17) is 0 Å². The van der Waals surface area contributed by atoms with Gasteiger partial charge in [0.15, 0.2) is 0 Å². The third-order valence-corrected chi connectivity index (χ3v) is 7.34. The van der Waals surface area contributed by atoms with E-state index >= 15 is 0 Å². The second kappa shape index (κ2) is 6.07. The summed E-state index contributed by atoms with van der Waals surface area (Å²) in [5.41, 5.74) is 1.90. The highest BCUT2D eigenvalue weighted by molar-refractivity contribution is 7.87. The van der Waals surface area contributed by atoms with Gasteiger partial charge in [-0.1, -0.05) is 0 Å². The fourth-order valence-corrected chi connectivity index (χ4v) is 6.19. The van der Waals surface area contributed by atoms with Crippen LogP contribution in [0.1, 0.15) is 31.7 Å². The number of benzene rings is 1. The third-order valence-electron chi connectivity index (χ3n) is 5.58. The molecule has 3 unspecified atom stereocenters. The van der Waals surface area contributed by atoms with Crippen LogP contribution in [0, 0.1) is 11.7 Å². The Balaban J connectivity index is 1.51. The van der Waals surface area contributed by atoms with Crippen molar-refractivity contribution >= 4 is 21.1 Å². The summed E-state index contributed by atoms with van der Waals surface area (Å²) in [6, 6.07) is 4.63. The van der Waals surface area contributed by atoms with E-state index in [9.17, 15) is 12.8 Å². The highest BCUT2D eigenvalue weighted by Gasteiger charge is 2.43. The first-order valence-corrected chi connectivity index (χ1v) is 10.3. The van der Waals surface area contributed by atoms with Crippen molar-refractivity contribution in [2.45, 2.75) is 44.7 Å². The van der Waals surface area contributed by atoms with Crippen LogP contribution in [0.25, 0.3) is 10.9 Å². The first kappa shape index (κ1) is 17.0. The van der Waals surface area contributed by atoms with Gasteiger partial charge in [-0.15, -0.1) is 0 Å². The molecular weight excluding hydrogens is 341 g/mol. The Bertz CT molecular complexity index is 908. The van der Waals surface area contributed by atoms with E-state index < -0.39 is 10.2 Å².